The molecule has 1 fully saturated rings. The van der Waals surface area contributed by atoms with Gasteiger partial charge in [0.15, 0.2) is 0 Å². The fourth-order valence-electron chi connectivity index (χ4n) is 3.06. The van der Waals surface area contributed by atoms with E-state index >= 15 is 0 Å². The number of carboxylic acid groups (broad SMARTS) is 1. The lowest BCUT2D eigenvalue weighted by Gasteiger charge is -2.28. The first-order valence-corrected chi connectivity index (χ1v) is 8.24. The van der Waals surface area contributed by atoms with Gasteiger partial charge in [0.1, 0.15) is 0 Å². The largest absolute Gasteiger partial charge is 0.465 e. The molecule has 1 heterocycles. The van der Waals surface area contributed by atoms with Gasteiger partial charge in [0.05, 0.1) is 6.17 Å². The van der Waals surface area contributed by atoms with Crippen LogP contribution >= 0.6 is 15.9 Å². The Morgan fingerprint density at radius 3 is 2.81 bits per heavy atom. The average Bonchev–Trinajstić information content (AvgIpc) is 2.80. The van der Waals surface area contributed by atoms with Crippen molar-refractivity contribution >= 4 is 22.0 Å². The van der Waals surface area contributed by atoms with E-state index in [9.17, 15) is 9.90 Å². The lowest BCUT2D eigenvalue weighted by atomic mass is 9.94. The van der Waals surface area contributed by atoms with Gasteiger partial charge in [-0.3, -0.25) is 10.2 Å². The van der Waals surface area contributed by atoms with Gasteiger partial charge in [0, 0.05) is 17.6 Å². The molecular formula is C16H23BrN2O2. The van der Waals surface area contributed by atoms with Crippen LogP contribution in [0, 0.1) is 11.8 Å². The maximum atomic E-state index is 11.4. The van der Waals surface area contributed by atoms with E-state index < -0.39 is 6.09 Å². The minimum Gasteiger partial charge on any atom is -0.465 e. The molecule has 1 aliphatic rings. The maximum absolute atomic E-state index is 11.4. The molecule has 1 amide bonds. The fourth-order valence-corrected chi connectivity index (χ4v) is 3.48. The van der Waals surface area contributed by atoms with Crippen molar-refractivity contribution < 1.29 is 9.90 Å². The highest BCUT2D eigenvalue weighted by atomic mass is 79.9. The molecule has 4 nitrogen and oxygen atoms in total. The Kier molecular flexibility index (Phi) is 5.65. The number of carbonyl (C=O) groups is 1. The molecule has 21 heavy (non-hydrogen) atoms. The quantitative estimate of drug-likeness (QED) is 0.842. The Morgan fingerprint density at radius 2 is 2.19 bits per heavy atom. The summed E-state index contributed by atoms with van der Waals surface area (Å²) in [5.41, 5.74) is 1.15. The third-order valence-corrected chi connectivity index (χ3v) is 4.78. The van der Waals surface area contributed by atoms with E-state index in [1.165, 1.54) is 0 Å². The molecule has 2 atom stereocenters. The lowest BCUT2D eigenvalue weighted by molar-refractivity contribution is 0.121. The van der Waals surface area contributed by atoms with Crippen LogP contribution in [0.3, 0.4) is 0 Å². The van der Waals surface area contributed by atoms with Crippen LogP contribution in [0.5, 0.6) is 0 Å². The second kappa shape index (κ2) is 7.27. The molecule has 5 heteroatoms. The molecule has 2 rings (SSSR count). The van der Waals surface area contributed by atoms with Gasteiger partial charge in [-0.2, -0.15) is 0 Å². The zero-order chi connectivity index (χ0) is 15.4. The molecule has 1 aromatic carbocycles. The summed E-state index contributed by atoms with van der Waals surface area (Å²) < 4.78 is 1.05. The Bertz CT molecular complexity index is 493. The highest BCUT2D eigenvalue weighted by Gasteiger charge is 2.36. The van der Waals surface area contributed by atoms with Gasteiger partial charge in [0.2, 0.25) is 0 Å². The van der Waals surface area contributed by atoms with Gasteiger partial charge in [-0.15, -0.1) is 0 Å². The van der Waals surface area contributed by atoms with Crippen LogP contribution in [0.15, 0.2) is 28.7 Å². The van der Waals surface area contributed by atoms with E-state index in [0.717, 1.165) is 22.9 Å². The first-order chi connectivity index (χ1) is 9.99. The normalized spacial score (nSPS) is 22.0. The van der Waals surface area contributed by atoms with Crippen LogP contribution in [0.2, 0.25) is 0 Å². The lowest BCUT2D eigenvalue weighted by Crippen LogP contribution is -2.47. The summed E-state index contributed by atoms with van der Waals surface area (Å²) in [4.78, 5) is 12.9. The summed E-state index contributed by atoms with van der Waals surface area (Å²) >= 11 is 3.54. The smallest absolute Gasteiger partial charge is 0.408 e. The standard InChI is InChI=1S/C16H23BrN2O2/c1-11(2)9-12-7-8-19(16(20)21)15(12)18-10-13-5-3-4-6-14(13)17/h3-6,11-12,15,18H,7-10H2,1-2H3,(H,20,21)/t12-,15?/m1/s1. The van der Waals surface area contributed by atoms with Gasteiger partial charge in [-0.1, -0.05) is 48.0 Å². The minimum atomic E-state index is -0.828. The summed E-state index contributed by atoms with van der Waals surface area (Å²) in [6.07, 6.45) is 1.08. The SMILES string of the molecule is CC(C)C[C@H]1CCN(C(=O)O)C1NCc1ccccc1Br. The molecule has 0 bridgehead atoms. The van der Waals surface area contributed by atoms with Crippen LogP contribution in [0.4, 0.5) is 4.79 Å². The van der Waals surface area contributed by atoms with Crippen molar-refractivity contribution in [3.63, 3.8) is 0 Å². The van der Waals surface area contributed by atoms with E-state index in [-0.39, 0.29) is 6.17 Å². The number of hydrogen-bond donors (Lipinski definition) is 2. The molecule has 116 valence electrons. The number of amides is 1. The number of hydrogen-bond acceptors (Lipinski definition) is 2. The fraction of sp³-hybridized carbons (Fsp3) is 0.562. The van der Waals surface area contributed by atoms with Gasteiger partial charge in [-0.05, 0) is 36.3 Å². The van der Waals surface area contributed by atoms with Crippen LogP contribution < -0.4 is 5.32 Å². The summed E-state index contributed by atoms with van der Waals surface area (Å²) in [7, 11) is 0. The third kappa shape index (κ3) is 4.20. The number of nitrogens with zero attached hydrogens (tertiary/aromatic N) is 1. The number of likely N-dealkylation sites (tertiary alicyclic amines) is 1. The Labute approximate surface area is 134 Å². The van der Waals surface area contributed by atoms with Gasteiger partial charge < -0.3 is 5.11 Å². The Morgan fingerprint density at radius 1 is 1.48 bits per heavy atom. The molecule has 1 saturated heterocycles. The van der Waals surface area contributed by atoms with E-state index in [1.54, 1.807) is 4.90 Å². The predicted octanol–water partition coefficient (Wildman–Crippen LogP) is 3.91. The highest BCUT2D eigenvalue weighted by Crippen LogP contribution is 2.29. The second-order valence-electron chi connectivity index (χ2n) is 6.07. The van der Waals surface area contributed by atoms with Crippen LogP contribution in [-0.4, -0.2) is 28.8 Å². The molecular weight excluding hydrogens is 332 g/mol. The third-order valence-electron chi connectivity index (χ3n) is 4.00. The summed E-state index contributed by atoms with van der Waals surface area (Å²) in [6.45, 7) is 5.67. The number of rotatable bonds is 5. The number of halogens is 1. The molecule has 0 saturated carbocycles. The monoisotopic (exact) mass is 354 g/mol. The average molecular weight is 355 g/mol. The van der Waals surface area contributed by atoms with Gasteiger partial charge >= 0.3 is 6.09 Å². The molecule has 1 aromatic rings. The van der Waals surface area contributed by atoms with Crippen molar-refractivity contribution in [3.05, 3.63) is 34.3 Å². The summed E-state index contributed by atoms with van der Waals surface area (Å²) in [5.74, 6) is 0.972. The predicted molar refractivity (Wildman–Crippen MR) is 87.1 cm³/mol. The topological polar surface area (TPSA) is 52.6 Å². The van der Waals surface area contributed by atoms with E-state index in [2.05, 4.69) is 41.2 Å². The van der Waals surface area contributed by atoms with Crippen molar-refractivity contribution in [2.24, 2.45) is 11.8 Å². The first kappa shape index (κ1) is 16.3. The van der Waals surface area contributed by atoms with Crippen LogP contribution in [0.25, 0.3) is 0 Å². The summed E-state index contributed by atoms with van der Waals surface area (Å²) in [6, 6.07) is 8.03. The van der Waals surface area contributed by atoms with Gasteiger partial charge in [0.25, 0.3) is 0 Å². The molecule has 1 unspecified atom stereocenters. The molecule has 0 aromatic heterocycles. The Balaban J connectivity index is 2.05. The zero-order valence-corrected chi connectivity index (χ0v) is 14.1. The summed E-state index contributed by atoms with van der Waals surface area (Å²) in [5, 5.41) is 12.8. The molecule has 0 spiro atoms. The minimum absolute atomic E-state index is 0.0861. The van der Waals surface area contributed by atoms with Crippen molar-refractivity contribution in [2.75, 3.05) is 6.54 Å². The zero-order valence-electron chi connectivity index (χ0n) is 12.6. The van der Waals surface area contributed by atoms with Crippen molar-refractivity contribution in [1.82, 2.24) is 10.2 Å². The van der Waals surface area contributed by atoms with Gasteiger partial charge in [-0.25, -0.2) is 4.79 Å². The van der Waals surface area contributed by atoms with Crippen LogP contribution in [0.1, 0.15) is 32.3 Å². The van der Waals surface area contributed by atoms with Crippen LogP contribution in [-0.2, 0) is 6.54 Å². The molecule has 2 N–H and O–H groups in total. The van der Waals surface area contributed by atoms with E-state index in [1.807, 2.05) is 18.2 Å². The van der Waals surface area contributed by atoms with E-state index in [4.69, 9.17) is 0 Å². The second-order valence-corrected chi connectivity index (χ2v) is 6.93. The van der Waals surface area contributed by atoms with Crippen molar-refractivity contribution in [2.45, 2.75) is 39.4 Å². The maximum Gasteiger partial charge on any atom is 0.408 e. The number of nitrogens with one attached hydrogen (secondary N) is 1. The molecule has 0 radical (unpaired) electrons. The highest BCUT2D eigenvalue weighted by molar-refractivity contribution is 9.10. The van der Waals surface area contributed by atoms with Crippen molar-refractivity contribution in [1.29, 1.82) is 0 Å². The van der Waals surface area contributed by atoms with E-state index in [0.29, 0.717) is 24.9 Å². The molecule has 0 aliphatic carbocycles. The van der Waals surface area contributed by atoms with Crippen molar-refractivity contribution in [3.8, 4) is 0 Å². The molecule has 1 aliphatic heterocycles. The Hall–Kier alpha value is -1.07. The first-order valence-electron chi connectivity index (χ1n) is 7.45. The number of benzene rings is 1.